The number of aryl methyl sites for hydroxylation is 1. The van der Waals surface area contributed by atoms with E-state index >= 15 is 0 Å². The normalized spacial score (nSPS) is 16.4. The maximum Gasteiger partial charge on any atom is 0.193 e. The summed E-state index contributed by atoms with van der Waals surface area (Å²) in [5.74, 6) is 2.48. The van der Waals surface area contributed by atoms with Gasteiger partial charge in [-0.1, -0.05) is 12.1 Å². The molecule has 0 aromatic heterocycles. The molecule has 2 aromatic rings. The summed E-state index contributed by atoms with van der Waals surface area (Å²) in [7, 11) is 1.64. The van der Waals surface area contributed by atoms with Gasteiger partial charge in [0.05, 0.1) is 26.9 Å². The molecule has 0 amide bonds. The highest BCUT2D eigenvalue weighted by atomic mass is 127. The minimum Gasteiger partial charge on any atom is -0.497 e. The number of hydrogen-bond donors (Lipinski definition) is 2. The monoisotopic (exact) mass is 497 g/mol. The van der Waals surface area contributed by atoms with Crippen LogP contribution in [0.2, 0.25) is 0 Å². The summed E-state index contributed by atoms with van der Waals surface area (Å²) in [5.41, 5.74) is 9.06. The highest BCUT2D eigenvalue weighted by Crippen LogP contribution is 2.23. The number of rotatable bonds is 7. The maximum absolute atomic E-state index is 6.05. The van der Waals surface area contributed by atoms with Crippen LogP contribution in [0.5, 0.6) is 11.5 Å². The number of guanidine groups is 1. The molecule has 1 atom stereocenters. The van der Waals surface area contributed by atoms with Gasteiger partial charge in [-0.3, -0.25) is 0 Å². The molecule has 6 nitrogen and oxygen atoms in total. The number of ether oxygens (including phenoxy) is 3. The van der Waals surface area contributed by atoms with Gasteiger partial charge in [-0.05, 0) is 49.2 Å². The van der Waals surface area contributed by atoms with Gasteiger partial charge in [0, 0.05) is 23.8 Å². The Hall–Kier alpha value is -2.00. The number of halogens is 1. The first-order valence-electron chi connectivity index (χ1n) is 9.15. The first-order valence-corrected chi connectivity index (χ1v) is 9.15. The van der Waals surface area contributed by atoms with Crippen LogP contribution in [-0.4, -0.2) is 32.9 Å². The van der Waals surface area contributed by atoms with Crippen LogP contribution in [0.3, 0.4) is 0 Å². The summed E-state index contributed by atoms with van der Waals surface area (Å²) >= 11 is 0. The lowest BCUT2D eigenvalue weighted by atomic mass is 10.1. The van der Waals surface area contributed by atoms with Gasteiger partial charge in [0.2, 0.25) is 0 Å². The first-order chi connectivity index (χ1) is 13.1. The Labute approximate surface area is 183 Å². The molecule has 1 aliphatic heterocycles. The van der Waals surface area contributed by atoms with E-state index in [1.165, 1.54) is 0 Å². The molecule has 0 spiro atoms. The Morgan fingerprint density at radius 3 is 2.71 bits per heavy atom. The van der Waals surface area contributed by atoms with Gasteiger partial charge >= 0.3 is 0 Å². The van der Waals surface area contributed by atoms with E-state index in [1.54, 1.807) is 7.11 Å². The molecular weight excluding hydrogens is 469 g/mol. The SMILES string of the molecule is COc1ccc(NC(N)=NCc2ccc(C)cc2OCC2CCOC2)cc1.I. The highest BCUT2D eigenvalue weighted by molar-refractivity contribution is 14.0. The van der Waals surface area contributed by atoms with Gasteiger partial charge < -0.3 is 25.3 Å². The summed E-state index contributed by atoms with van der Waals surface area (Å²) < 4.78 is 16.6. The van der Waals surface area contributed by atoms with Crippen LogP contribution in [0.15, 0.2) is 47.5 Å². The standard InChI is InChI=1S/C21H27N3O3.HI/c1-15-3-4-17(20(11-15)27-14-16-9-10-26-13-16)12-23-21(22)24-18-5-7-19(25-2)8-6-18;/h3-8,11,16H,9-10,12-14H2,1-2H3,(H3,22,23,24);1H. The van der Waals surface area contributed by atoms with Crippen LogP contribution in [0.25, 0.3) is 0 Å². The predicted octanol–water partition coefficient (Wildman–Crippen LogP) is 3.96. The Morgan fingerprint density at radius 2 is 2.04 bits per heavy atom. The number of methoxy groups -OCH3 is 1. The van der Waals surface area contributed by atoms with Crippen molar-refractivity contribution in [2.75, 3.05) is 32.2 Å². The number of anilines is 1. The molecule has 152 valence electrons. The predicted molar refractivity (Wildman–Crippen MR) is 123 cm³/mol. The molecule has 2 aromatic carbocycles. The Kier molecular flexibility index (Phi) is 8.85. The second-order valence-electron chi connectivity index (χ2n) is 6.71. The Balaban J connectivity index is 0.00000280. The third-order valence-corrected chi connectivity index (χ3v) is 4.50. The fourth-order valence-corrected chi connectivity index (χ4v) is 2.88. The largest absolute Gasteiger partial charge is 0.497 e. The number of nitrogens with one attached hydrogen (secondary N) is 1. The lowest BCUT2D eigenvalue weighted by molar-refractivity contribution is 0.166. The molecule has 1 unspecified atom stereocenters. The average Bonchev–Trinajstić information content (AvgIpc) is 3.20. The number of nitrogens with zero attached hydrogens (tertiary/aromatic N) is 1. The quantitative estimate of drug-likeness (QED) is 0.344. The fraction of sp³-hybridized carbons (Fsp3) is 0.381. The Morgan fingerprint density at radius 1 is 1.25 bits per heavy atom. The summed E-state index contributed by atoms with van der Waals surface area (Å²) in [4.78, 5) is 4.45. The summed E-state index contributed by atoms with van der Waals surface area (Å²) in [5, 5.41) is 3.09. The van der Waals surface area contributed by atoms with E-state index in [2.05, 4.69) is 23.3 Å². The molecule has 0 aliphatic carbocycles. The third-order valence-electron chi connectivity index (χ3n) is 4.50. The van der Waals surface area contributed by atoms with Crippen molar-refractivity contribution in [2.24, 2.45) is 16.6 Å². The molecule has 7 heteroatoms. The molecule has 0 saturated carbocycles. The maximum atomic E-state index is 6.05. The van der Waals surface area contributed by atoms with Gasteiger partial charge in [0.25, 0.3) is 0 Å². The van der Waals surface area contributed by atoms with E-state index in [0.717, 1.165) is 47.9 Å². The van der Waals surface area contributed by atoms with Crippen LogP contribution in [0.1, 0.15) is 17.5 Å². The summed E-state index contributed by atoms with van der Waals surface area (Å²) in [6.45, 7) is 4.77. The lowest BCUT2D eigenvalue weighted by Crippen LogP contribution is -2.22. The minimum absolute atomic E-state index is 0. The number of benzene rings is 2. The van der Waals surface area contributed by atoms with Crippen LogP contribution >= 0.6 is 24.0 Å². The molecule has 28 heavy (non-hydrogen) atoms. The zero-order valence-corrected chi connectivity index (χ0v) is 18.6. The highest BCUT2D eigenvalue weighted by Gasteiger charge is 2.17. The van der Waals surface area contributed by atoms with Crippen molar-refractivity contribution < 1.29 is 14.2 Å². The third kappa shape index (κ3) is 6.56. The first kappa shape index (κ1) is 22.3. The zero-order chi connectivity index (χ0) is 19.1. The molecule has 0 radical (unpaired) electrons. The Bertz CT molecular complexity index is 775. The van der Waals surface area contributed by atoms with Crippen molar-refractivity contribution in [2.45, 2.75) is 19.9 Å². The van der Waals surface area contributed by atoms with Crippen LogP contribution in [0.4, 0.5) is 5.69 Å². The van der Waals surface area contributed by atoms with Crippen molar-refractivity contribution in [3.63, 3.8) is 0 Å². The zero-order valence-electron chi connectivity index (χ0n) is 16.3. The summed E-state index contributed by atoms with van der Waals surface area (Å²) in [6.07, 6.45) is 1.05. The van der Waals surface area contributed by atoms with Crippen molar-refractivity contribution in [1.82, 2.24) is 0 Å². The van der Waals surface area contributed by atoms with Gasteiger partial charge in [-0.2, -0.15) is 0 Å². The van der Waals surface area contributed by atoms with Gasteiger partial charge in [0.15, 0.2) is 5.96 Å². The second-order valence-corrected chi connectivity index (χ2v) is 6.71. The van der Waals surface area contributed by atoms with E-state index in [0.29, 0.717) is 25.0 Å². The molecule has 0 bridgehead atoms. The van der Waals surface area contributed by atoms with Crippen molar-refractivity contribution in [3.05, 3.63) is 53.6 Å². The molecule has 1 saturated heterocycles. The number of aliphatic imine (C=N–C) groups is 1. The van der Waals surface area contributed by atoms with Gasteiger partial charge in [0.1, 0.15) is 11.5 Å². The number of hydrogen-bond acceptors (Lipinski definition) is 4. The second kappa shape index (κ2) is 11.1. The van der Waals surface area contributed by atoms with Crippen molar-refractivity contribution >= 4 is 35.6 Å². The van der Waals surface area contributed by atoms with E-state index in [4.69, 9.17) is 19.9 Å². The van der Waals surface area contributed by atoms with E-state index in [9.17, 15) is 0 Å². The van der Waals surface area contributed by atoms with Crippen molar-refractivity contribution in [1.29, 1.82) is 0 Å². The van der Waals surface area contributed by atoms with Crippen LogP contribution in [0, 0.1) is 12.8 Å². The molecule has 3 N–H and O–H groups in total. The summed E-state index contributed by atoms with van der Waals surface area (Å²) in [6, 6.07) is 13.7. The van der Waals surface area contributed by atoms with Crippen LogP contribution < -0.4 is 20.5 Å². The van der Waals surface area contributed by atoms with E-state index < -0.39 is 0 Å². The minimum atomic E-state index is 0. The lowest BCUT2D eigenvalue weighted by Gasteiger charge is -2.14. The van der Waals surface area contributed by atoms with Crippen LogP contribution in [-0.2, 0) is 11.3 Å². The number of nitrogens with two attached hydrogens (primary N) is 1. The average molecular weight is 497 g/mol. The van der Waals surface area contributed by atoms with E-state index in [-0.39, 0.29) is 24.0 Å². The van der Waals surface area contributed by atoms with Gasteiger partial charge in [-0.15, -0.1) is 24.0 Å². The molecule has 1 aliphatic rings. The smallest absolute Gasteiger partial charge is 0.193 e. The molecule has 3 rings (SSSR count). The molecule has 1 fully saturated rings. The van der Waals surface area contributed by atoms with Crippen molar-refractivity contribution in [3.8, 4) is 11.5 Å². The molecular formula is C21H28IN3O3. The van der Waals surface area contributed by atoms with E-state index in [1.807, 2.05) is 36.4 Å². The fourth-order valence-electron chi connectivity index (χ4n) is 2.88. The van der Waals surface area contributed by atoms with Gasteiger partial charge in [-0.25, -0.2) is 4.99 Å². The topological polar surface area (TPSA) is 78.1 Å². The molecule has 1 heterocycles.